The first kappa shape index (κ1) is 13.3. The van der Waals surface area contributed by atoms with Gasteiger partial charge >= 0.3 is 5.97 Å². The van der Waals surface area contributed by atoms with Crippen molar-refractivity contribution in [2.24, 2.45) is 0 Å². The largest absolute Gasteiger partial charge is 0.478 e. The van der Waals surface area contributed by atoms with E-state index < -0.39 is 30.0 Å². The number of halogens is 1. The summed E-state index contributed by atoms with van der Waals surface area (Å²) >= 11 is 3.22. The van der Waals surface area contributed by atoms with Crippen molar-refractivity contribution in [3.63, 3.8) is 0 Å². The third kappa shape index (κ3) is 1.85. The number of carbonyl (C=O) groups excluding carboxylic acids is 2. The molecule has 2 amide bonds. The van der Waals surface area contributed by atoms with Crippen molar-refractivity contribution in [3.05, 3.63) is 28.2 Å². The third-order valence-electron chi connectivity index (χ3n) is 3.45. The lowest BCUT2D eigenvalue weighted by atomic mass is 10.1. The van der Waals surface area contributed by atoms with Gasteiger partial charge in [-0.15, -0.1) is 0 Å². The Kier molecular flexibility index (Phi) is 3.10. The summed E-state index contributed by atoms with van der Waals surface area (Å²) in [7, 11) is 0. The molecule has 2 saturated heterocycles. The molecule has 2 atom stereocenters. The minimum absolute atomic E-state index is 0.0789. The van der Waals surface area contributed by atoms with Gasteiger partial charge in [0.25, 0.3) is 11.8 Å². The fourth-order valence-corrected chi connectivity index (χ4v) is 3.08. The number of amides is 2. The maximum atomic E-state index is 12.3. The lowest BCUT2D eigenvalue weighted by molar-refractivity contribution is -0.146. The Morgan fingerprint density at radius 3 is 2.40 bits per heavy atom. The van der Waals surface area contributed by atoms with Crippen LogP contribution in [-0.2, 0) is 14.3 Å². The van der Waals surface area contributed by atoms with Crippen molar-refractivity contribution in [2.75, 3.05) is 4.90 Å². The number of imide groups is 1. The second kappa shape index (κ2) is 4.68. The van der Waals surface area contributed by atoms with Gasteiger partial charge in [0.05, 0.1) is 11.3 Å². The number of hydrogen-bond acceptors (Lipinski definition) is 4. The topological polar surface area (TPSA) is 83.9 Å². The molecule has 104 valence electrons. The molecule has 20 heavy (non-hydrogen) atoms. The number of aromatic carboxylic acids is 1. The lowest BCUT2D eigenvalue weighted by Gasteiger charge is -2.31. The molecule has 1 N–H and O–H groups in total. The van der Waals surface area contributed by atoms with Gasteiger partial charge in [0.15, 0.2) is 0 Å². The number of anilines is 1. The Bertz CT molecular complexity index is 607. The second-order valence-corrected chi connectivity index (χ2v) is 5.50. The van der Waals surface area contributed by atoms with E-state index in [2.05, 4.69) is 15.9 Å². The quantitative estimate of drug-likeness (QED) is 0.826. The number of nitrogens with zero attached hydrogens (tertiary/aromatic N) is 1. The highest BCUT2D eigenvalue weighted by Gasteiger charge is 2.48. The molecule has 1 aromatic carbocycles. The predicted octanol–water partition coefficient (Wildman–Crippen LogP) is 1.57. The molecule has 3 rings (SSSR count). The van der Waals surface area contributed by atoms with E-state index in [0.717, 1.165) is 4.90 Å². The van der Waals surface area contributed by atoms with E-state index in [1.54, 1.807) is 12.1 Å². The maximum absolute atomic E-state index is 12.3. The van der Waals surface area contributed by atoms with E-state index in [4.69, 9.17) is 4.74 Å². The molecule has 0 aliphatic carbocycles. The van der Waals surface area contributed by atoms with Crippen LogP contribution in [0.25, 0.3) is 0 Å². The van der Waals surface area contributed by atoms with E-state index in [9.17, 15) is 19.5 Å². The van der Waals surface area contributed by atoms with Gasteiger partial charge in [0.2, 0.25) is 0 Å². The van der Waals surface area contributed by atoms with Crippen LogP contribution in [0.3, 0.4) is 0 Å². The molecule has 0 radical (unpaired) electrons. The molecule has 2 heterocycles. The fourth-order valence-electron chi connectivity index (χ4n) is 2.53. The van der Waals surface area contributed by atoms with Crippen LogP contribution in [0.5, 0.6) is 0 Å². The Hall–Kier alpha value is -1.73. The molecule has 2 aliphatic rings. The van der Waals surface area contributed by atoms with Crippen LogP contribution in [-0.4, -0.2) is 35.1 Å². The summed E-state index contributed by atoms with van der Waals surface area (Å²) in [5.74, 6) is -2.20. The first-order valence-corrected chi connectivity index (χ1v) is 6.85. The minimum atomic E-state index is -1.19. The molecule has 0 aromatic heterocycles. The summed E-state index contributed by atoms with van der Waals surface area (Å²) in [6, 6.07) is 4.50. The molecule has 2 bridgehead atoms. The Morgan fingerprint density at radius 1 is 1.25 bits per heavy atom. The first-order valence-electron chi connectivity index (χ1n) is 6.06. The Labute approximate surface area is 122 Å². The third-order valence-corrected chi connectivity index (χ3v) is 4.09. The molecular formula is C13H10BrNO5. The number of carbonyl (C=O) groups is 3. The van der Waals surface area contributed by atoms with Crippen molar-refractivity contribution in [1.82, 2.24) is 0 Å². The SMILES string of the molecule is O=C(O)c1cccc(Br)c1N1C(=O)C2CCC(O2)C1=O. The summed E-state index contributed by atoms with van der Waals surface area (Å²) in [5.41, 5.74) is -0.0161. The standard InChI is InChI=1S/C13H10BrNO5/c14-7-3-1-2-6(13(18)19)10(7)15-11(16)8-4-5-9(20-8)12(15)17/h1-3,8-9H,4-5H2,(H,18,19). The number of carboxylic acid groups (broad SMARTS) is 1. The average Bonchev–Trinajstić information content (AvgIpc) is 2.85. The van der Waals surface area contributed by atoms with Gasteiger partial charge in [0, 0.05) is 4.47 Å². The maximum Gasteiger partial charge on any atom is 0.337 e. The van der Waals surface area contributed by atoms with Gasteiger partial charge in [-0.3, -0.25) is 9.59 Å². The van der Waals surface area contributed by atoms with Crippen molar-refractivity contribution in [1.29, 1.82) is 0 Å². The van der Waals surface area contributed by atoms with Crippen LogP contribution in [0.2, 0.25) is 0 Å². The van der Waals surface area contributed by atoms with Crippen molar-refractivity contribution in [3.8, 4) is 0 Å². The van der Waals surface area contributed by atoms with Gasteiger partial charge < -0.3 is 9.84 Å². The van der Waals surface area contributed by atoms with Crippen molar-refractivity contribution < 1.29 is 24.2 Å². The van der Waals surface area contributed by atoms with Gasteiger partial charge in [-0.05, 0) is 40.9 Å². The van der Waals surface area contributed by atoms with Gasteiger partial charge in [0.1, 0.15) is 12.2 Å². The molecule has 2 aliphatic heterocycles. The van der Waals surface area contributed by atoms with Crippen molar-refractivity contribution in [2.45, 2.75) is 25.0 Å². The number of ether oxygens (including phenoxy) is 1. The van der Waals surface area contributed by atoms with Crippen LogP contribution in [0.4, 0.5) is 5.69 Å². The zero-order valence-corrected chi connectivity index (χ0v) is 11.8. The van der Waals surface area contributed by atoms with Crippen LogP contribution in [0.1, 0.15) is 23.2 Å². The summed E-state index contributed by atoms with van der Waals surface area (Å²) in [5, 5.41) is 9.24. The molecule has 7 heteroatoms. The summed E-state index contributed by atoms with van der Waals surface area (Å²) in [6.45, 7) is 0. The Balaban J connectivity index is 2.15. The zero-order chi connectivity index (χ0) is 14.4. The summed E-state index contributed by atoms with van der Waals surface area (Å²) in [6.07, 6.45) is -0.352. The van der Waals surface area contributed by atoms with E-state index in [1.807, 2.05) is 0 Å². The monoisotopic (exact) mass is 339 g/mol. The summed E-state index contributed by atoms with van der Waals surface area (Å²) in [4.78, 5) is 36.8. The van der Waals surface area contributed by atoms with Crippen molar-refractivity contribution >= 4 is 39.4 Å². The van der Waals surface area contributed by atoms with Gasteiger partial charge in [-0.2, -0.15) is 0 Å². The lowest BCUT2D eigenvalue weighted by Crippen LogP contribution is -2.52. The van der Waals surface area contributed by atoms with Crippen LogP contribution in [0, 0.1) is 0 Å². The van der Waals surface area contributed by atoms with Gasteiger partial charge in [-0.1, -0.05) is 6.07 Å². The predicted molar refractivity (Wildman–Crippen MR) is 71.5 cm³/mol. The first-order chi connectivity index (χ1) is 9.50. The number of fused-ring (bicyclic) bond motifs is 2. The highest BCUT2D eigenvalue weighted by Crippen LogP contribution is 2.37. The van der Waals surface area contributed by atoms with Crippen LogP contribution in [0.15, 0.2) is 22.7 Å². The Morgan fingerprint density at radius 2 is 1.85 bits per heavy atom. The number of para-hydroxylation sites is 1. The zero-order valence-electron chi connectivity index (χ0n) is 10.2. The van der Waals surface area contributed by atoms with Crippen LogP contribution < -0.4 is 4.90 Å². The number of benzene rings is 1. The number of morpholine rings is 1. The molecule has 1 aromatic rings. The molecule has 2 fully saturated rings. The van der Waals surface area contributed by atoms with E-state index in [1.165, 1.54) is 6.07 Å². The normalized spacial score (nSPS) is 25.1. The molecule has 0 saturated carbocycles. The highest BCUT2D eigenvalue weighted by molar-refractivity contribution is 9.10. The summed E-state index contributed by atoms with van der Waals surface area (Å²) < 4.78 is 5.70. The smallest absolute Gasteiger partial charge is 0.337 e. The highest BCUT2D eigenvalue weighted by atomic mass is 79.9. The number of rotatable bonds is 2. The molecule has 6 nitrogen and oxygen atoms in total. The minimum Gasteiger partial charge on any atom is -0.478 e. The number of hydrogen-bond donors (Lipinski definition) is 1. The number of carboxylic acids is 1. The van der Waals surface area contributed by atoms with Crippen LogP contribution >= 0.6 is 15.9 Å². The van der Waals surface area contributed by atoms with E-state index in [-0.39, 0.29) is 11.3 Å². The van der Waals surface area contributed by atoms with E-state index >= 15 is 0 Å². The fraction of sp³-hybridized carbons (Fsp3) is 0.308. The van der Waals surface area contributed by atoms with E-state index in [0.29, 0.717) is 17.3 Å². The molecule has 2 unspecified atom stereocenters. The molecular weight excluding hydrogens is 330 g/mol. The van der Waals surface area contributed by atoms with Gasteiger partial charge in [-0.25, -0.2) is 9.69 Å². The molecule has 0 spiro atoms. The second-order valence-electron chi connectivity index (χ2n) is 4.64. The average molecular weight is 340 g/mol.